The second kappa shape index (κ2) is 12.6. The van der Waals surface area contributed by atoms with Gasteiger partial charge in [-0.2, -0.15) is 5.57 Å². The number of hydrogen-bond donors (Lipinski definition) is 2. The zero-order chi connectivity index (χ0) is 20.8. The summed E-state index contributed by atoms with van der Waals surface area (Å²) in [4.78, 5) is 20.0. The third-order valence-corrected chi connectivity index (χ3v) is 5.04. The molecule has 0 heterocycles. The summed E-state index contributed by atoms with van der Waals surface area (Å²) in [7, 11) is 0. The van der Waals surface area contributed by atoms with Gasteiger partial charge in [-0.1, -0.05) is 24.8 Å². The first-order chi connectivity index (χ1) is 12.3. The zero-order valence-electron chi connectivity index (χ0n) is 19.4. The van der Waals surface area contributed by atoms with E-state index in [0.29, 0.717) is 0 Å². The maximum Gasteiger partial charge on any atom is 2.00 e. The van der Waals surface area contributed by atoms with Gasteiger partial charge in [-0.15, -0.1) is 12.0 Å². The average Bonchev–Trinajstić information content (AvgIpc) is 2.93. The van der Waals surface area contributed by atoms with Crippen molar-refractivity contribution in [3.63, 3.8) is 0 Å². The normalized spacial score (nSPS) is 17.6. The Balaban J connectivity index is 0. The van der Waals surface area contributed by atoms with Crippen LogP contribution in [0, 0.1) is 24.7 Å². The topological polar surface area (TPSA) is 74.6 Å². The van der Waals surface area contributed by atoms with Crippen LogP contribution in [0.2, 0.25) is 0 Å². The Labute approximate surface area is 193 Å². The molecule has 3 aliphatic carbocycles. The van der Waals surface area contributed by atoms with Crippen molar-refractivity contribution in [3.05, 3.63) is 36.1 Å². The maximum atomic E-state index is 10.0. The molecule has 0 aliphatic heterocycles. The van der Waals surface area contributed by atoms with E-state index in [1.807, 2.05) is 0 Å². The monoisotopic (exact) mass is 440 g/mol. The molecule has 0 bridgehead atoms. The predicted molar refractivity (Wildman–Crippen MR) is 116 cm³/mol. The van der Waals surface area contributed by atoms with E-state index in [0.717, 1.165) is 0 Å². The molecule has 164 valence electrons. The molecule has 0 radical (unpaired) electrons. The first-order valence-corrected chi connectivity index (χ1v) is 10.1. The van der Waals surface area contributed by atoms with Gasteiger partial charge in [0.1, 0.15) is 0 Å². The first kappa shape index (κ1) is 30.2. The van der Waals surface area contributed by atoms with Crippen LogP contribution in [-0.4, -0.2) is 22.2 Å². The van der Waals surface area contributed by atoms with Gasteiger partial charge in [0.05, 0.1) is 10.8 Å². The summed E-state index contributed by atoms with van der Waals surface area (Å²) in [6.07, 6.45) is 13.6. The maximum absolute atomic E-state index is 10.0. The summed E-state index contributed by atoms with van der Waals surface area (Å²) in [5.41, 5.74) is 5.89. The Kier molecular flexibility index (Phi) is 13.2. The third-order valence-electron chi connectivity index (χ3n) is 5.04. The molecule has 0 aromatic carbocycles. The Morgan fingerprint density at radius 1 is 0.793 bits per heavy atom. The van der Waals surface area contributed by atoms with Crippen molar-refractivity contribution in [1.82, 2.24) is 0 Å². The van der Waals surface area contributed by atoms with Crippen LogP contribution >= 0.6 is 0 Å². The first-order valence-electron chi connectivity index (χ1n) is 10.1. The molecule has 3 aliphatic rings. The number of allylic oxidation sites excluding steroid dienone is 4. The van der Waals surface area contributed by atoms with Gasteiger partial charge in [-0.25, -0.2) is 12.0 Å². The van der Waals surface area contributed by atoms with E-state index in [1.165, 1.54) is 51.4 Å². The van der Waals surface area contributed by atoms with E-state index >= 15 is 0 Å². The molecule has 3 rings (SSSR count). The van der Waals surface area contributed by atoms with Crippen LogP contribution in [0.1, 0.15) is 92.9 Å². The van der Waals surface area contributed by atoms with Crippen molar-refractivity contribution in [2.24, 2.45) is 10.8 Å². The van der Waals surface area contributed by atoms with Crippen molar-refractivity contribution in [2.75, 3.05) is 0 Å². The van der Waals surface area contributed by atoms with Gasteiger partial charge in [0.25, 0.3) is 0 Å². The molecule has 4 nitrogen and oxygen atoms in total. The summed E-state index contributed by atoms with van der Waals surface area (Å²) in [6.45, 7) is 9.97. The number of rotatable bonds is 0. The van der Waals surface area contributed by atoms with E-state index < -0.39 is 22.8 Å². The van der Waals surface area contributed by atoms with Gasteiger partial charge in [0, 0.05) is 0 Å². The van der Waals surface area contributed by atoms with Crippen LogP contribution in [0.15, 0.2) is 22.3 Å². The molecule has 0 spiro atoms. The van der Waals surface area contributed by atoms with Crippen LogP contribution in [0.25, 0.3) is 0 Å². The molecule has 29 heavy (non-hydrogen) atoms. The van der Waals surface area contributed by atoms with E-state index in [9.17, 15) is 9.59 Å². The molecule has 0 fully saturated rings. The second-order valence-electron chi connectivity index (χ2n) is 9.68. The van der Waals surface area contributed by atoms with Gasteiger partial charge in [-0.05, 0) is 67.2 Å². The van der Waals surface area contributed by atoms with Gasteiger partial charge >= 0.3 is 33.7 Å². The Bertz CT molecular complexity index is 562. The fourth-order valence-electron chi connectivity index (χ4n) is 3.12. The van der Waals surface area contributed by atoms with Crippen molar-refractivity contribution in [3.8, 4) is 0 Å². The fourth-order valence-corrected chi connectivity index (χ4v) is 3.12. The number of aliphatic carboxylic acids is 2. The molecule has 0 saturated heterocycles. The van der Waals surface area contributed by atoms with Gasteiger partial charge < -0.3 is 17.6 Å². The fraction of sp³-hybridized carbons (Fsp3) is 0.667. The molecular formula is C24H40O4Ti. The number of carbonyl (C=O) groups is 2. The van der Waals surface area contributed by atoms with E-state index in [1.54, 1.807) is 63.8 Å². The summed E-state index contributed by atoms with van der Waals surface area (Å²) in [5, 5.41) is 16.5. The summed E-state index contributed by atoms with van der Waals surface area (Å²) in [5.74, 6) is -1.51. The summed E-state index contributed by atoms with van der Waals surface area (Å²) < 4.78 is 0. The quantitative estimate of drug-likeness (QED) is 0.328. The molecule has 5 heteroatoms. The van der Waals surface area contributed by atoms with Crippen molar-refractivity contribution in [1.29, 1.82) is 0 Å². The van der Waals surface area contributed by atoms with E-state index in [2.05, 4.69) is 6.42 Å². The van der Waals surface area contributed by atoms with Crippen LogP contribution in [0.3, 0.4) is 0 Å². The van der Waals surface area contributed by atoms with Crippen LogP contribution < -0.4 is 0 Å². The molecule has 0 saturated carbocycles. The van der Waals surface area contributed by atoms with Gasteiger partial charge in [-0.3, -0.25) is 9.59 Å². The van der Waals surface area contributed by atoms with Gasteiger partial charge in [0.2, 0.25) is 0 Å². The van der Waals surface area contributed by atoms with Crippen LogP contribution in [0.5, 0.6) is 0 Å². The van der Waals surface area contributed by atoms with Gasteiger partial charge in [0.15, 0.2) is 0 Å². The van der Waals surface area contributed by atoms with E-state index in [4.69, 9.17) is 10.2 Å². The number of fused-ring (bicyclic) bond motifs is 1. The predicted octanol–water partition coefficient (Wildman–Crippen LogP) is 6.63. The Hall–Kier alpha value is -0.996. The largest absolute Gasteiger partial charge is 2.00 e. The number of hydrogen-bond acceptors (Lipinski definition) is 2. The molecule has 0 unspecified atom stereocenters. The molecule has 0 aromatic rings. The van der Waals surface area contributed by atoms with Crippen LogP contribution in [-0.2, 0) is 31.3 Å². The van der Waals surface area contributed by atoms with Crippen molar-refractivity contribution in [2.45, 2.75) is 92.9 Å². The zero-order valence-corrected chi connectivity index (χ0v) is 21.0. The van der Waals surface area contributed by atoms with E-state index in [-0.39, 0.29) is 29.1 Å². The van der Waals surface area contributed by atoms with Crippen molar-refractivity contribution < 1.29 is 41.5 Å². The summed E-state index contributed by atoms with van der Waals surface area (Å²) in [6, 6.07) is 0. The number of carboxylic acids is 2. The minimum atomic E-state index is -0.757. The molecule has 2 N–H and O–H groups in total. The van der Waals surface area contributed by atoms with Crippen molar-refractivity contribution >= 4 is 11.9 Å². The summed E-state index contributed by atoms with van der Waals surface area (Å²) >= 11 is 0. The minimum absolute atomic E-state index is 0. The average molecular weight is 440 g/mol. The minimum Gasteiger partial charge on any atom is -0.481 e. The molecular weight excluding hydrogens is 400 g/mol. The van der Waals surface area contributed by atoms with Crippen LogP contribution in [0.4, 0.5) is 0 Å². The third kappa shape index (κ3) is 10.0. The smallest absolute Gasteiger partial charge is 0.481 e. The Morgan fingerprint density at radius 2 is 1.21 bits per heavy atom. The number of carboxylic acid groups (broad SMARTS) is 2. The second-order valence-corrected chi connectivity index (χ2v) is 9.68. The SMILES string of the molecule is CC(C)(C)C(=O)O.CC(C)(C)C(=O)O.[CH-]1CCCC2=C1CC1=C2CCCC1.[CH3-].[Ti+2]. The Morgan fingerprint density at radius 3 is 1.66 bits per heavy atom. The molecule has 0 amide bonds. The standard InChI is InChI=1S/C13H17.2C5H10O2.CH3.Ti/c1-3-7-12-10(5-1)9-11-6-2-4-8-13(11)12;2*1-5(2,3)4(6)7;;/h5H,1-4,6-9H2;2*1-3H3,(H,6,7);1H3;/q-1;;;-1;+2. The molecule has 0 aromatic heterocycles. The molecule has 0 atom stereocenters.